The summed E-state index contributed by atoms with van der Waals surface area (Å²) in [7, 11) is 1.50. The minimum absolute atomic E-state index is 0.0522. The molecule has 0 fully saturated rings. The summed E-state index contributed by atoms with van der Waals surface area (Å²) in [5.74, 6) is -1.22. The summed E-state index contributed by atoms with van der Waals surface area (Å²) in [5, 5.41) is 8.82. The van der Waals surface area contributed by atoms with E-state index in [0.717, 1.165) is 0 Å². The number of aliphatic carboxylic acids is 1. The number of carboxylic acid groups (broad SMARTS) is 1. The average Bonchev–Trinajstić information content (AvgIpc) is 2.35. The number of amides is 3. The molecule has 20 heavy (non-hydrogen) atoms. The molecule has 1 N–H and O–H groups in total. The van der Waals surface area contributed by atoms with Gasteiger partial charge in [-0.1, -0.05) is 0 Å². The molecule has 0 saturated heterocycles. The van der Waals surface area contributed by atoms with Crippen LogP contribution in [-0.2, 0) is 9.59 Å². The van der Waals surface area contributed by atoms with Gasteiger partial charge in [-0.15, -0.1) is 0 Å². The molecule has 0 heterocycles. The van der Waals surface area contributed by atoms with Crippen LogP contribution >= 0.6 is 0 Å². The monoisotopic (exact) mass is 287 g/mol. The molecule has 7 heteroatoms. The predicted molar refractivity (Wildman–Crippen MR) is 75.4 cm³/mol. The van der Waals surface area contributed by atoms with E-state index in [1.54, 1.807) is 18.7 Å². The Morgan fingerprint density at radius 1 is 1.05 bits per heavy atom. The van der Waals surface area contributed by atoms with Crippen molar-refractivity contribution in [3.05, 3.63) is 0 Å². The summed E-state index contributed by atoms with van der Waals surface area (Å²) < 4.78 is 0. The maximum Gasteiger partial charge on any atom is 0.323 e. The molecule has 116 valence electrons. The van der Waals surface area contributed by atoms with Crippen molar-refractivity contribution in [2.75, 3.05) is 33.2 Å². The number of likely N-dealkylation sites (N-methyl/N-ethyl adjacent to an activating group) is 2. The van der Waals surface area contributed by atoms with Gasteiger partial charge in [0, 0.05) is 26.2 Å². The number of urea groups is 1. The van der Waals surface area contributed by atoms with E-state index in [-0.39, 0.29) is 25.0 Å². The van der Waals surface area contributed by atoms with E-state index < -0.39 is 12.0 Å². The number of carboxylic acids is 1. The van der Waals surface area contributed by atoms with Gasteiger partial charge >= 0.3 is 12.0 Å². The van der Waals surface area contributed by atoms with Gasteiger partial charge in [0.05, 0.1) is 0 Å². The van der Waals surface area contributed by atoms with Crippen LogP contribution in [0.4, 0.5) is 4.79 Å². The van der Waals surface area contributed by atoms with E-state index >= 15 is 0 Å². The molecule has 0 aliphatic carbocycles. The summed E-state index contributed by atoms with van der Waals surface area (Å²) in [5.41, 5.74) is 0. The van der Waals surface area contributed by atoms with E-state index in [9.17, 15) is 14.4 Å². The second kappa shape index (κ2) is 8.39. The Balaban J connectivity index is 4.73. The molecule has 0 aliphatic heterocycles. The first kappa shape index (κ1) is 18.2. The Morgan fingerprint density at radius 3 is 1.90 bits per heavy atom. The lowest BCUT2D eigenvalue weighted by Gasteiger charge is -2.30. The van der Waals surface area contributed by atoms with Crippen LogP contribution in [0.1, 0.15) is 27.7 Å². The fourth-order valence-electron chi connectivity index (χ4n) is 1.78. The van der Waals surface area contributed by atoms with Gasteiger partial charge in [-0.3, -0.25) is 9.59 Å². The maximum atomic E-state index is 12.2. The minimum Gasteiger partial charge on any atom is -0.480 e. The smallest absolute Gasteiger partial charge is 0.323 e. The zero-order valence-corrected chi connectivity index (χ0v) is 12.9. The molecule has 0 aromatic rings. The standard InChI is InChI=1S/C13H25N3O4/c1-6-15(7-2)11(17)8-14(5)13(20)16(10(3)4)9-12(18)19/h10H,6-9H2,1-5H3,(H,18,19). The Bertz CT molecular complexity index is 354. The zero-order chi connectivity index (χ0) is 15.9. The highest BCUT2D eigenvalue weighted by molar-refractivity contribution is 5.85. The third-order valence-corrected chi connectivity index (χ3v) is 2.99. The van der Waals surface area contributed by atoms with Crippen LogP contribution in [0.5, 0.6) is 0 Å². The highest BCUT2D eigenvalue weighted by Crippen LogP contribution is 2.04. The SMILES string of the molecule is CCN(CC)C(=O)CN(C)C(=O)N(CC(=O)O)C(C)C. The van der Waals surface area contributed by atoms with Crippen LogP contribution in [0.25, 0.3) is 0 Å². The molecule has 0 saturated carbocycles. The van der Waals surface area contributed by atoms with Crippen molar-refractivity contribution in [1.82, 2.24) is 14.7 Å². The molecule has 0 spiro atoms. The largest absolute Gasteiger partial charge is 0.480 e. The molecule has 0 unspecified atom stereocenters. The van der Waals surface area contributed by atoms with Crippen LogP contribution in [0.3, 0.4) is 0 Å². The Kier molecular flexibility index (Phi) is 7.64. The molecule has 0 aromatic heterocycles. The van der Waals surface area contributed by atoms with Crippen molar-refractivity contribution >= 4 is 17.9 Å². The molecule has 0 radical (unpaired) electrons. The lowest BCUT2D eigenvalue weighted by atomic mass is 10.3. The molecule has 7 nitrogen and oxygen atoms in total. The number of hydrogen-bond acceptors (Lipinski definition) is 3. The lowest BCUT2D eigenvalue weighted by Crippen LogP contribution is -2.50. The molecule has 0 aromatic carbocycles. The van der Waals surface area contributed by atoms with E-state index in [4.69, 9.17) is 5.11 Å². The highest BCUT2D eigenvalue weighted by atomic mass is 16.4. The van der Waals surface area contributed by atoms with Crippen molar-refractivity contribution in [1.29, 1.82) is 0 Å². The van der Waals surface area contributed by atoms with Crippen molar-refractivity contribution in [3.8, 4) is 0 Å². The normalized spacial score (nSPS) is 10.3. The summed E-state index contributed by atoms with van der Waals surface area (Å²) in [6, 6.07) is -0.701. The summed E-state index contributed by atoms with van der Waals surface area (Å²) in [6.45, 7) is 7.95. The Morgan fingerprint density at radius 2 is 1.55 bits per heavy atom. The second-order valence-electron chi connectivity index (χ2n) is 4.82. The number of rotatable bonds is 7. The van der Waals surface area contributed by atoms with Gasteiger partial charge in [0.1, 0.15) is 13.1 Å². The van der Waals surface area contributed by atoms with Crippen molar-refractivity contribution < 1.29 is 19.5 Å². The van der Waals surface area contributed by atoms with E-state index in [1.165, 1.54) is 16.8 Å². The quantitative estimate of drug-likeness (QED) is 0.747. The fourth-order valence-corrected chi connectivity index (χ4v) is 1.78. The molecule has 0 rings (SSSR count). The number of nitrogens with zero attached hydrogens (tertiary/aromatic N) is 3. The van der Waals surface area contributed by atoms with Gasteiger partial charge in [-0.05, 0) is 27.7 Å². The summed E-state index contributed by atoms with van der Waals surface area (Å²) in [4.78, 5) is 39.0. The van der Waals surface area contributed by atoms with Gasteiger partial charge < -0.3 is 19.8 Å². The van der Waals surface area contributed by atoms with Crippen LogP contribution in [0, 0.1) is 0 Å². The van der Waals surface area contributed by atoms with Crippen molar-refractivity contribution in [3.63, 3.8) is 0 Å². The first-order chi connectivity index (χ1) is 9.24. The zero-order valence-electron chi connectivity index (χ0n) is 12.9. The molecular weight excluding hydrogens is 262 g/mol. The van der Waals surface area contributed by atoms with Gasteiger partial charge in [0.2, 0.25) is 5.91 Å². The summed E-state index contributed by atoms with van der Waals surface area (Å²) in [6.07, 6.45) is 0. The first-order valence-electron chi connectivity index (χ1n) is 6.75. The second-order valence-corrected chi connectivity index (χ2v) is 4.82. The Hall–Kier alpha value is -1.79. The van der Waals surface area contributed by atoms with Crippen LogP contribution in [0.2, 0.25) is 0 Å². The Labute approximate surface area is 120 Å². The molecule has 3 amide bonds. The van der Waals surface area contributed by atoms with Crippen LogP contribution in [0.15, 0.2) is 0 Å². The van der Waals surface area contributed by atoms with E-state index in [1.807, 2.05) is 13.8 Å². The van der Waals surface area contributed by atoms with Crippen molar-refractivity contribution in [2.45, 2.75) is 33.7 Å². The summed E-state index contributed by atoms with van der Waals surface area (Å²) >= 11 is 0. The average molecular weight is 287 g/mol. The van der Waals surface area contributed by atoms with Gasteiger partial charge in [0.15, 0.2) is 0 Å². The highest BCUT2D eigenvalue weighted by Gasteiger charge is 2.25. The third-order valence-electron chi connectivity index (χ3n) is 2.99. The topological polar surface area (TPSA) is 81.2 Å². The predicted octanol–water partition coefficient (Wildman–Crippen LogP) is 0.702. The number of carbonyl (C=O) groups is 3. The molecular formula is C13H25N3O4. The lowest BCUT2D eigenvalue weighted by molar-refractivity contribution is -0.138. The van der Waals surface area contributed by atoms with Crippen LogP contribution < -0.4 is 0 Å². The van der Waals surface area contributed by atoms with Gasteiger partial charge in [-0.25, -0.2) is 4.79 Å². The van der Waals surface area contributed by atoms with Gasteiger partial charge in [-0.2, -0.15) is 0 Å². The van der Waals surface area contributed by atoms with E-state index in [0.29, 0.717) is 13.1 Å². The maximum absolute atomic E-state index is 12.2. The first-order valence-corrected chi connectivity index (χ1v) is 6.75. The number of carbonyl (C=O) groups excluding carboxylic acids is 2. The minimum atomic E-state index is -1.07. The van der Waals surface area contributed by atoms with Crippen molar-refractivity contribution in [2.24, 2.45) is 0 Å². The molecule has 0 bridgehead atoms. The van der Waals surface area contributed by atoms with E-state index in [2.05, 4.69) is 0 Å². The third kappa shape index (κ3) is 5.46. The number of hydrogen-bond donors (Lipinski definition) is 1. The molecule has 0 atom stereocenters. The molecule has 0 aliphatic rings. The van der Waals surface area contributed by atoms with Gasteiger partial charge in [0.25, 0.3) is 0 Å². The fraction of sp³-hybridized carbons (Fsp3) is 0.769. The van der Waals surface area contributed by atoms with Crippen LogP contribution in [-0.4, -0.2) is 77.0 Å².